The summed E-state index contributed by atoms with van der Waals surface area (Å²) in [6.07, 6.45) is 0.0940. The highest BCUT2D eigenvalue weighted by Crippen LogP contribution is 2.43. The van der Waals surface area contributed by atoms with Gasteiger partial charge < -0.3 is 4.98 Å². The van der Waals surface area contributed by atoms with E-state index in [-0.39, 0.29) is 21.7 Å². The highest BCUT2D eigenvalue weighted by molar-refractivity contribution is 7.93. The minimum Gasteiger partial charge on any atom is -0.360 e. The molecule has 4 rings (SSSR count). The van der Waals surface area contributed by atoms with Crippen molar-refractivity contribution in [1.29, 1.82) is 0 Å². The Morgan fingerprint density at radius 1 is 1.31 bits per heavy atom. The summed E-state index contributed by atoms with van der Waals surface area (Å²) in [6.45, 7) is 0. The molecule has 0 spiro atoms. The average Bonchev–Trinajstić information content (AvgIpc) is 3.17. The Morgan fingerprint density at radius 2 is 2.04 bits per heavy atom. The van der Waals surface area contributed by atoms with Crippen LogP contribution in [-0.4, -0.2) is 23.2 Å². The van der Waals surface area contributed by atoms with Gasteiger partial charge in [-0.05, 0) is 25.0 Å². The number of sulfonamides is 1. The number of fused-ring (bicyclic) bond motifs is 1. The van der Waals surface area contributed by atoms with Gasteiger partial charge in [0.1, 0.15) is 4.90 Å². The zero-order chi connectivity index (χ0) is 18.7. The number of aromatic amines is 1. The fourth-order valence-corrected chi connectivity index (χ4v) is 4.30. The second-order valence-electron chi connectivity index (χ2n) is 6.36. The first-order chi connectivity index (χ1) is 12.2. The maximum atomic E-state index is 12.8. The number of benzene rings is 1. The van der Waals surface area contributed by atoms with Gasteiger partial charge in [-0.2, -0.15) is 18.3 Å². The largest absolute Gasteiger partial charge is 0.416 e. The smallest absolute Gasteiger partial charge is 0.360 e. The summed E-state index contributed by atoms with van der Waals surface area (Å²) in [5, 5.41) is 4.30. The topological polar surface area (TPSA) is 79.8 Å². The third-order valence-electron chi connectivity index (χ3n) is 4.45. The van der Waals surface area contributed by atoms with Crippen molar-refractivity contribution in [1.82, 2.24) is 14.8 Å². The number of rotatable bonds is 4. The van der Waals surface area contributed by atoms with Crippen LogP contribution in [0.5, 0.6) is 0 Å². The zero-order valence-corrected chi connectivity index (χ0v) is 14.4. The number of hydrogen-bond acceptors (Lipinski definition) is 3. The fourth-order valence-electron chi connectivity index (χ4n) is 3.06. The molecule has 2 heterocycles. The van der Waals surface area contributed by atoms with Crippen molar-refractivity contribution < 1.29 is 21.6 Å². The van der Waals surface area contributed by atoms with Crippen molar-refractivity contribution in [3.8, 4) is 0 Å². The summed E-state index contributed by atoms with van der Waals surface area (Å²) < 4.78 is 68.2. The van der Waals surface area contributed by atoms with Crippen LogP contribution in [0, 0.1) is 0 Å². The predicted molar refractivity (Wildman–Crippen MR) is 89.3 cm³/mol. The molecule has 0 amide bonds. The van der Waals surface area contributed by atoms with Crippen molar-refractivity contribution in [3.63, 3.8) is 0 Å². The molecule has 1 aliphatic rings. The molecule has 6 nitrogen and oxygen atoms in total. The van der Waals surface area contributed by atoms with Crippen LogP contribution in [0.4, 0.5) is 18.9 Å². The number of halogens is 3. The number of nitrogens with zero attached hydrogens (tertiary/aromatic N) is 2. The molecule has 1 fully saturated rings. The summed E-state index contributed by atoms with van der Waals surface area (Å²) in [7, 11) is -2.23. The van der Waals surface area contributed by atoms with Crippen LogP contribution in [-0.2, 0) is 23.2 Å². The lowest BCUT2D eigenvalue weighted by molar-refractivity contribution is -0.137. The lowest BCUT2D eigenvalue weighted by atomic mass is 10.1. The van der Waals surface area contributed by atoms with Gasteiger partial charge in [0.2, 0.25) is 0 Å². The van der Waals surface area contributed by atoms with Gasteiger partial charge in [0.05, 0.1) is 23.1 Å². The summed E-state index contributed by atoms with van der Waals surface area (Å²) in [5.74, 6) is 0.275. The van der Waals surface area contributed by atoms with Gasteiger partial charge in [-0.1, -0.05) is 6.07 Å². The van der Waals surface area contributed by atoms with Crippen molar-refractivity contribution in [3.05, 3.63) is 41.9 Å². The number of nitrogens with one attached hydrogen (secondary N) is 2. The van der Waals surface area contributed by atoms with Crippen molar-refractivity contribution >= 4 is 26.6 Å². The number of alkyl halides is 3. The molecular weight excluding hydrogens is 369 g/mol. The van der Waals surface area contributed by atoms with Crippen molar-refractivity contribution in [2.45, 2.75) is 29.8 Å². The standard InChI is InChI=1S/C16H15F3N4O2S/c1-23-15(9-2-3-9)13(7-21-23)22-26(24,25)14-8-20-12-6-10(16(17,18)19)4-5-11(12)14/h4-9,20,22H,2-3H2,1H3. The van der Waals surface area contributed by atoms with Crippen LogP contribution in [0.2, 0.25) is 0 Å². The van der Waals surface area contributed by atoms with E-state index in [0.717, 1.165) is 36.7 Å². The normalized spacial score (nSPS) is 15.5. The predicted octanol–water partition coefficient (Wildman–Crippen LogP) is 3.60. The van der Waals surface area contributed by atoms with Gasteiger partial charge in [0.25, 0.3) is 10.0 Å². The Balaban J connectivity index is 1.72. The van der Waals surface area contributed by atoms with E-state index in [9.17, 15) is 21.6 Å². The minimum absolute atomic E-state index is 0.105. The summed E-state index contributed by atoms with van der Waals surface area (Å²) in [5.41, 5.74) is 0.477. The summed E-state index contributed by atoms with van der Waals surface area (Å²) >= 11 is 0. The lowest BCUT2D eigenvalue weighted by Gasteiger charge is -2.09. The Hall–Kier alpha value is -2.49. The number of aryl methyl sites for hydroxylation is 1. The molecular formula is C16H15F3N4O2S. The van der Waals surface area contributed by atoms with E-state index in [1.165, 1.54) is 12.4 Å². The van der Waals surface area contributed by atoms with E-state index in [1.807, 2.05) is 0 Å². The van der Waals surface area contributed by atoms with Crippen LogP contribution in [0.25, 0.3) is 10.9 Å². The fraction of sp³-hybridized carbons (Fsp3) is 0.312. The van der Waals surface area contributed by atoms with Gasteiger partial charge in [-0.25, -0.2) is 8.42 Å². The quantitative estimate of drug-likeness (QED) is 0.721. The van der Waals surface area contributed by atoms with Gasteiger partial charge in [-0.3, -0.25) is 9.40 Å². The second kappa shape index (κ2) is 5.50. The van der Waals surface area contributed by atoms with E-state index < -0.39 is 21.8 Å². The third kappa shape index (κ3) is 2.83. The molecule has 10 heteroatoms. The first-order valence-corrected chi connectivity index (χ1v) is 9.38. The van der Waals surface area contributed by atoms with E-state index in [4.69, 9.17) is 0 Å². The van der Waals surface area contributed by atoms with Gasteiger partial charge >= 0.3 is 6.18 Å². The highest BCUT2D eigenvalue weighted by atomic mass is 32.2. The molecule has 0 aliphatic heterocycles. The Kier molecular flexibility index (Phi) is 3.59. The average molecular weight is 384 g/mol. The van der Waals surface area contributed by atoms with Gasteiger partial charge in [-0.15, -0.1) is 0 Å². The lowest BCUT2D eigenvalue weighted by Crippen LogP contribution is -2.13. The Morgan fingerprint density at radius 3 is 2.69 bits per heavy atom. The first kappa shape index (κ1) is 17.0. The van der Waals surface area contributed by atoms with E-state index in [2.05, 4.69) is 14.8 Å². The minimum atomic E-state index is -4.49. The summed E-state index contributed by atoms with van der Waals surface area (Å²) in [6, 6.07) is 2.93. The molecule has 2 N–H and O–H groups in total. The van der Waals surface area contributed by atoms with E-state index in [1.54, 1.807) is 11.7 Å². The molecule has 2 aromatic heterocycles. The van der Waals surface area contributed by atoms with Crippen LogP contribution in [0.3, 0.4) is 0 Å². The SMILES string of the molecule is Cn1ncc(NS(=O)(=O)c2c[nH]c3cc(C(F)(F)F)ccc23)c1C1CC1. The van der Waals surface area contributed by atoms with Crippen LogP contribution in [0.1, 0.15) is 30.0 Å². The molecule has 1 aliphatic carbocycles. The third-order valence-corrected chi connectivity index (χ3v) is 5.86. The maximum Gasteiger partial charge on any atom is 0.416 e. The number of aromatic nitrogens is 3. The van der Waals surface area contributed by atoms with Crippen molar-refractivity contribution in [2.24, 2.45) is 7.05 Å². The summed E-state index contributed by atoms with van der Waals surface area (Å²) in [4.78, 5) is 2.50. The molecule has 0 saturated heterocycles. The molecule has 0 bridgehead atoms. The molecule has 1 aromatic carbocycles. The maximum absolute atomic E-state index is 12.8. The van der Waals surface area contributed by atoms with Crippen molar-refractivity contribution in [2.75, 3.05) is 4.72 Å². The monoisotopic (exact) mass is 384 g/mol. The van der Waals surface area contributed by atoms with Gasteiger partial charge in [0.15, 0.2) is 0 Å². The number of hydrogen-bond donors (Lipinski definition) is 2. The zero-order valence-electron chi connectivity index (χ0n) is 13.6. The van der Waals surface area contributed by atoms with Crippen LogP contribution >= 0.6 is 0 Å². The Labute approximate surface area is 147 Å². The highest BCUT2D eigenvalue weighted by Gasteiger charge is 2.33. The van der Waals surface area contributed by atoms with E-state index >= 15 is 0 Å². The molecule has 26 heavy (non-hydrogen) atoms. The number of H-pyrrole nitrogens is 1. The molecule has 3 aromatic rings. The molecule has 138 valence electrons. The van der Waals surface area contributed by atoms with Crippen LogP contribution in [0.15, 0.2) is 35.5 Å². The van der Waals surface area contributed by atoms with E-state index in [0.29, 0.717) is 5.69 Å². The van der Waals surface area contributed by atoms with Gasteiger partial charge in [0, 0.05) is 30.1 Å². The van der Waals surface area contributed by atoms with Crippen LogP contribution < -0.4 is 4.72 Å². The molecule has 0 unspecified atom stereocenters. The molecule has 0 radical (unpaired) electrons. The Bertz CT molecular complexity index is 1090. The number of anilines is 1. The second-order valence-corrected chi connectivity index (χ2v) is 8.01. The molecule has 0 atom stereocenters. The first-order valence-electron chi connectivity index (χ1n) is 7.90. The molecule has 1 saturated carbocycles.